The monoisotopic (exact) mass is 129 g/mol. The van der Waals surface area contributed by atoms with E-state index in [-0.39, 0.29) is 5.84 Å². The van der Waals surface area contributed by atoms with Crippen molar-refractivity contribution in [2.45, 2.75) is 13.3 Å². The fourth-order valence-electron chi connectivity index (χ4n) is 0.469. The first-order valence-corrected chi connectivity index (χ1v) is 3.18. The van der Waals surface area contributed by atoms with Gasteiger partial charge in [-0.1, -0.05) is 6.92 Å². The van der Waals surface area contributed by atoms with Crippen molar-refractivity contribution in [2.75, 3.05) is 20.1 Å². The fourth-order valence-corrected chi connectivity index (χ4v) is 0.469. The Morgan fingerprint density at radius 2 is 2.22 bits per heavy atom. The molecule has 54 valence electrons. The number of hydrogen-bond acceptors (Lipinski definition) is 2. The lowest BCUT2D eigenvalue weighted by Crippen LogP contribution is -2.23. The van der Waals surface area contributed by atoms with Crippen molar-refractivity contribution in [1.82, 2.24) is 4.90 Å². The van der Waals surface area contributed by atoms with Crippen LogP contribution in [0.25, 0.3) is 0 Å². The van der Waals surface area contributed by atoms with Gasteiger partial charge in [0.25, 0.3) is 0 Å². The number of nitrogens with zero attached hydrogens (tertiary/aromatic N) is 1. The van der Waals surface area contributed by atoms with Crippen LogP contribution in [0.2, 0.25) is 0 Å². The molecule has 0 rings (SSSR count). The Labute approximate surface area is 56.3 Å². The number of nitrogens with two attached hydrogens (primary N) is 1. The van der Waals surface area contributed by atoms with E-state index in [9.17, 15) is 0 Å². The average Bonchev–Trinajstić information content (AvgIpc) is 1.83. The first kappa shape index (κ1) is 8.43. The number of hydrogen-bond donors (Lipinski definition) is 2. The Morgan fingerprint density at radius 1 is 1.67 bits per heavy atom. The summed E-state index contributed by atoms with van der Waals surface area (Å²) in [5, 5.41) is 6.91. The van der Waals surface area contributed by atoms with Crippen molar-refractivity contribution in [1.29, 1.82) is 5.41 Å². The Kier molecular flexibility index (Phi) is 4.05. The lowest BCUT2D eigenvalue weighted by molar-refractivity contribution is 0.363. The maximum atomic E-state index is 6.91. The number of nitrogens with one attached hydrogen (secondary N) is 1. The molecule has 3 heteroatoms. The molecule has 0 radical (unpaired) electrons. The molecule has 9 heavy (non-hydrogen) atoms. The molecule has 0 saturated heterocycles. The van der Waals surface area contributed by atoms with Gasteiger partial charge < -0.3 is 10.6 Å². The Hall–Kier alpha value is -0.570. The van der Waals surface area contributed by atoms with Crippen molar-refractivity contribution < 1.29 is 0 Å². The first-order chi connectivity index (χ1) is 4.16. The van der Waals surface area contributed by atoms with E-state index in [1.807, 2.05) is 7.05 Å². The van der Waals surface area contributed by atoms with Gasteiger partial charge in [-0.2, -0.15) is 0 Å². The average molecular weight is 129 g/mol. The molecule has 0 aliphatic heterocycles. The summed E-state index contributed by atoms with van der Waals surface area (Å²) in [5.74, 6) is 0.273. The summed E-state index contributed by atoms with van der Waals surface area (Å²) in [6.07, 6.45) is 0.685. The van der Waals surface area contributed by atoms with Crippen molar-refractivity contribution in [3.8, 4) is 0 Å². The SMILES string of the molecule is CCN(C)CCC(=N)N. The van der Waals surface area contributed by atoms with Crippen LogP contribution in [-0.2, 0) is 0 Å². The Bertz CT molecular complexity index is 90.3. The molecule has 0 aromatic rings. The second-order valence-electron chi connectivity index (χ2n) is 2.17. The predicted molar refractivity (Wildman–Crippen MR) is 39.7 cm³/mol. The maximum Gasteiger partial charge on any atom is 0.0918 e. The van der Waals surface area contributed by atoms with E-state index in [2.05, 4.69) is 11.8 Å². The third kappa shape index (κ3) is 5.30. The highest BCUT2D eigenvalue weighted by Crippen LogP contribution is 1.83. The van der Waals surface area contributed by atoms with E-state index in [0.717, 1.165) is 13.1 Å². The molecule has 0 fully saturated rings. The molecule has 0 spiro atoms. The van der Waals surface area contributed by atoms with Gasteiger partial charge in [-0.3, -0.25) is 5.41 Å². The van der Waals surface area contributed by atoms with Crippen LogP contribution in [0.5, 0.6) is 0 Å². The van der Waals surface area contributed by atoms with Gasteiger partial charge in [-0.05, 0) is 13.6 Å². The van der Waals surface area contributed by atoms with E-state index in [1.54, 1.807) is 0 Å². The zero-order valence-corrected chi connectivity index (χ0v) is 6.15. The molecule has 3 nitrogen and oxygen atoms in total. The van der Waals surface area contributed by atoms with Crippen LogP contribution in [0.15, 0.2) is 0 Å². The van der Waals surface area contributed by atoms with Crippen LogP contribution in [-0.4, -0.2) is 30.9 Å². The minimum Gasteiger partial charge on any atom is -0.388 e. The molecule has 0 aliphatic carbocycles. The molecule has 0 amide bonds. The molecule has 0 saturated carbocycles. The summed E-state index contributed by atoms with van der Waals surface area (Å²) < 4.78 is 0. The van der Waals surface area contributed by atoms with Gasteiger partial charge in [0.15, 0.2) is 0 Å². The van der Waals surface area contributed by atoms with Gasteiger partial charge in [-0.15, -0.1) is 0 Å². The fraction of sp³-hybridized carbons (Fsp3) is 0.833. The smallest absolute Gasteiger partial charge is 0.0918 e. The molecule has 0 unspecified atom stereocenters. The highest BCUT2D eigenvalue weighted by molar-refractivity contribution is 5.76. The van der Waals surface area contributed by atoms with Gasteiger partial charge in [0, 0.05) is 13.0 Å². The van der Waals surface area contributed by atoms with Crippen LogP contribution in [0.4, 0.5) is 0 Å². The van der Waals surface area contributed by atoms with E-state index in [0.29, 0.717) is 6.42 Å². The normalized spacial score (nSPS) is 10.1. The van der Waals surface area contributed by atoms with E-state index >= 15 is 0 Å². The van der Waals surface area contributed by atoms with Crippen LogP contribution in [0.3, 0.4) is 0 Å². The van der Waals surface area contributed by atoms with Crippen molar-refractivity contribution in [3.05, 3.63) is 0 Å². The molecule has 0 bridgehead atoms. The molecular formula is C6H15N3. The maximum absolute atomic E-state index is 6.91. The molecular weight excluding hydrogens is 114 g/mol. The van der Waals surface area contributed by atoms with Crippen LogP contribution in [0, 0.1) is 5.41 Å². The zero-order chi connectivity index (χ0) is 7.28. The van der Waals surface area contributed by atoms with Gasteiger partial charge in [0.1, 0.15) is 0 Å². The van der Waals surface area contributed by atoms with Crippen LogP contribution < -0.4 is 5.73 Å². The molecule has 0 atom stereocenters. The predicted octanol–water partition coefficient (Wildman–Crippen LogP) is 0.264. The quantitative estimate of drug-likeness (QED) is 0.422. The third-order valence-electron chi connectivity index (χ3n) is 1.30. The highest BCUT2D eigenvalue weighted by Gasteiger charge is 1.93. The number of amidine groups is 1. The summed E-state index contributed by atoms with van der Waals surface area (Å²) in [4.78, 5) is 2.13. The van der Waals surface area contributed by atoms with Crippen molar-refractivity contribution >= 4 is 5.84 Å². The standard InChI is InChI=1S/C6H15N3/c1-3-9(2)5-4-6(7)8/h3-5H2,1-2H3,(H3,7,8). The summed E-state index contributed by atoms with van der Waals surface area (Å²) in [7, 11) is 2.02. The second-order valence-corrected chi connectivity index (χ2v) is 2.17. The lowest BCUT2D eigenvalue weighted by atomic mass is 10.4. The largest absolute Gasteiger partial charge is 0.388 e. The molecule has 3 N–H and O–H groups in total. The van der Waals surface area contributed by atoms with Crippen LogP contribution in [0.1, 0.15) is 13.3 Å². The third-order valence-corrected chi connectivity index (χ3v) is 1.30. The van der Waals surface area contributed by atoms with Gasteiger partial charge >= 0.3 is 0 Å². The summed E-state index contributed by atoms with van der Waals surface area (Å²) in [6.45, 7) is 4.00. The summed E-state index contributed by atoms with van der Waals surface area (Å²) in [6, 6.07) is 0. The second kappa shape index (κ2) is 4.32. The minimum absolute atomic E-state index is 0.273. The first-order valence-electron chi connectivity index (χ1n) is 3.18. The highest BCUT2D eigenvalue weighted by atomic mass is 15.1. The zero-order valence-electron chi connectivity index (χ0n) is 6.15. The van der Waals surface area contributed by atoms with Crippen LogP contribution >= 0.6 is 0 Å². The topological polar surface area (TPSA) is 53.1 Å². The van der Waals surface area contributed by atoms with Gasteiger partial charge in [0.2, 0.25) is 0 Å². The van der Waals surface area contributed by atoms with Crippen molar-refractivity contribution in [2.24, 2.45) is 5.73 Å². The number of rotatable bonds is 4. The van der Waals surface area contributed by atoms with E-state index < -0.39 is 0 Å². The van der Waals surface area contributed by atoms with Crippen molar-refractivity contribution in [3.63, 3.8) is 0 Å². The van der Waals surface area contributed by atoms with Gasteiger partial charge in [-0.25, -0.2) is 0 Å². The summed E-state index contributed by atoms with van der Waals surface area (Å²) in [5.41, 5.74) is 5.15. The Balaban J connectivity index is 3.16. The minimum atomic E-state index is 0.273. The lowest BCUT2D eigenvalue weighted by Gasteiger charge is -2.11. The van der Waals surface area contributed by atoms with E-state index in [1.165, 1.54) is 0 Å². The molecule has 0 aliphatic rings. The Morgan fingerprint density at radius 3 is 2.56 bits per heavy atom. The molecule has 0 heterocycles. The molecule has 0 aromatic heterocycles. The van der Waals surface area contributed by atoms with E-state index in [4.69, 9.17) is 11.1 Å². The molecule has 0 aromatic carbocycles. The van der Waals surface area contributed by atoms with Gasteiger partial charge in [0.05, 0.1) is 5.84 Å². The summed E-state index contributed by atoms with van der Waals surface area (Å²) >= 11 is 0.